The maximum atomic E-state index is 11.4. The van der Waals surface area contributed by atoms with E-state index in [0.29, 0.717) is 0 Å². The van der Waals surface area contributed by atoms with Gasteiger partial charge in [0.05, 0.1) is 0 Å². The van der Waals surface area contributed by atoms with Gasteiger partial charge < -0.3 is 10.2 Å². The second-order valence-corrected chi connectivity index (χ2v) is 6.52. The average Bonchev–Trinajstić information content (AvgIpc) is 2.42. The number of halogens is 6. The van der Waals surface area contributed by atoms with Gasteiger partial charge in [0.25, 0.3) is 23.9 Å². The van der Waals surface area contributed by atoms with Crippen LogP contribution >= 0.6 is 0 Å². The molecule has 0 aliphatic heterocycles. The number of hydrogen-bond acceptors (Lipinski definition) is 6. The Morgan fingerprint density at radius 2 is 0.833 bits per heavy atom. The SMILES string of the molecule is O=S(=O)(O)C(F)C(F)F.O=S(=O)(O)C(F)C(F)F.OCCCCO. The number of unbranched alkanes of at least 4 members (excludes halogenated alkanes) is 1. The fraction of sp³-hybridized carbons (Fsp3) is 1.00. The second-order valence-electron chi connectivity index (χ2n) is 3.56. The number of aliphatic hydroxyl groups is 2. The molecule has 0 aromatic heterocycles. The zero-order valence-electron chi connectivity index (χ0n) is 11.6. The first kappa shape index (κ1) is 28.1. The molecular weight excluding hydrogens is 402 g/mol. The highest BCUT2D eigenvalue weighted by molar-refractivity contribution is 7.86. The summed E-state index contributed by atoms with van der Waals surface area (Å²) < 4.78 is 120. The van der Waals surface area contributed by atoms with Crippen molar-refractivity contribution in [3.8, 4) is 0 Å². The molecule has 8 nitrogen and oxygen atoms in total. The molecule has 4 N–H and O–H groups in total. The second kappa shape index (κ2) is 13.6. The Morgan fingerprint density at radius 3 is 0.875 bits per heavy atom. The molecule has 16 heteroatoms. The zero-order valence-corrected chi connectivity index (χ0v) is 13.3. The Balaban J connectivity index is -0.000000282. The summed E-state index contributed by atoms with van der Waals surface area (Å²) >= 11 is 0. The topological polar surface area (TPSA) is 149 Å². The van der Waals surface area contributed by atoms with E-state index in [1.54, 1.807) is 0 Å². The van der Waals surface area contributed by atoms with Crippen LogP contribution in [-0.2, 0) is 20.2 Å². The summed E-state index contributed by atoms with van der Waals surface area (Å²) in [6.07, 6.45) is -5.95. The molecule has 2 unspecified atom stereocenters. The number of aliphatic hydroxyl groups excluding tert-OH is 2. The Kier molecular flexibility index (Phi) is 15.9. The van der Waals surface area contributed by atoms with Crippen LogP contribution in [0.3, 0.4) is 0 Å². The van der Waals surface area contributed by atoms with E-state index in [9.17, 15) is 43.2 Å². The van der Waals surface area contributed by atoms with Crippen molar-refractivity contribution in [2.24, 2.45) is 0 Å². The third-order valence-corrected chi connectivity index (χ3v) is 3.08. The molecule has 0 fully saturated rings. The lowest BCUT2D eigenvalue weighted by Gasteiger charge is -2.00. The van der Waals surface area contributed by atoms with Gasteiger partial charge in [0.15, 0.2) is 0 Å². The lowest BCUT2D eigenvalue weighted by atomic mass is 10.3. The molecule has 0 aliphatic carbocycles. The third kappa shape index (κ3) is 17.7. The van der Waals surface area contributed by atoms with Crippen LogP contribution in [0.25, 0.3) is 0 Å². The van der Waals surface area contributed by atoms with E-state index in [1.807, 2.05) is 0 Å². The minimum Gasteiger partial charge on any atom is -0.396 e. The predicted molar refractivity (Wildman–Crippen MR) is 68.3 cm³/mol. The number of alkyl halides is 6. The van der Waals surface area contributed by atoms with Crippen molar-refractivity contribution in [1.29, 1.82) is 0 Å². The number of rotatable bonds is 7. The van der Waals surface area contributed by atoms with E-state index in [-0.39, 0.29) is 13.2 Å². The Labute approximate surface area is 133 Å². The smallest absolute Gasteiger partial charge is 0.303 e. The lowest BCUT2D eigenvalue weighted by molar-refractivity contribution is 0.0854. The molecule has 0 saturated heterocycles. The van der Waals surface area contributed by atoms with Gasteiger partial charge >= 0.3 is 20.2 Å². The van der Waals surface area contributed by atoms with Crippen LogP contribution in [0.2, 0.25) is 0 Å². The van der Waals surface area contributed by atoms with Crippen LogP contribution < -0.4 is 0 Å². The van der Waals surface area contributed by atoms with Crippen LogP contribution in [0.4, 0.5) is 26.3 Å². The van der Waals surface area contributed by atoms with Gasteiger partial charge in [0.1, 0.15) is 0 Å². The summed E-state index contributed by atoms with van der Waals surface area (Å²) in [5, 5.41) is 16.2. The molecule has 0 aromatic rings. The summed E-state index contributed by atoms with van der Waals surface area (Å²) in [5.74, 6) is 0. The fourth-order valence-corrected chi connectivity index (χ4v) is 1.00. The zero-order chi connectivity index (χ0) is 20.1. The Hall–Kier alpha value is -0.680. The lowest BCUT2D eigenvalue weighted by Crippen LogP contribution is -2.22. The van der Waals surface area contributed by atoms with Crippen molar-refractivity contribution in [3.05, 3.63) is 0 Å². The molecule has 0 radical (unpaired) electrons. The molecule has 0 saturated carbocycles. The minimum absolute atomic E-state index is 0.195. The highest BCUT2D eigenvalue weighted by Gasteiger charge is 2.32. The quantitative estimate of drug-likeness (QED) is 0.267. The fourth-order valence-electron chi connectivity index (χ4n) is 0.484. The predicted octanol–water partition coefficient (Wildman–Crippen LogP) is 0.621. The summed E-state index contributed by atoms with van der Waals surface area (Å²) in [6.45, 7) is 0.390. The van der Waals surface area contributed by atoms with E-state index in [4.69, 9.17) is 19.3 Å². The first-order chi connectivity index (χ1) is 10.6. The van der Waals surface area contributed by atoms with Crippen LogP contribution in [-0.4, -0.2) is 73.2 Å². The normalized spacial score (nSPS) is 14.3. The van der Waals surface area contributed by atoms with Gasteiger partial charge in [0.2, 0.25) is 0 Å². The molecule has 24 heavy (non-hydrogen) atoms. The standard InChI is InChI=1S/C4H10O2.2C2H3F3O3S/c5-3-1-2-4-6;2*3-1(4)2(5)9(6,7)8/h5-6H,1-4H2;2*1-2H,(H,6,7,8). The molecule has 2 atom stereocenters. The van der Waals surface area contributed by atoms with E-state index in [1.165, 1.54) is 0 Å². The van der Waals surface area contributed by atoms with E-state index in [2.05, 4.69) is 0 Å². The van der Waals surface area contributed by atoms with Crippen molar-refractivity contribution < 1.29 is 62.5 Å². The third-order valence-electron chi connectivity index (χ3n) is 1.53. The van der Waals surface area contributed by atoms with Crippen molar-refractivity contribution >= 4 is 20.2 Å². The van der Waals surface area contributed by atoms with Gasteiger partial charge in [-0.1, -0.05) is 0 Å². The van der Waals surface area contributed by atoms with E-state index < -0.39 is 44.1 Å². The van der Waals surface area contributed by atoms with Crippen molar-refractivity contribution in [1.82, 2.24) is 0 Å². The van der Waals surface area contributed by atoms with Crippen molar-refractivity contribution in [2.75, 3.05) is 13.2 Å². The van der Waals surface area contributed by atoms with Crippen LogP contribution in [0, 0.1) is 0 Å². The van der Waals surface area contributed by atoms with Gasteiger partial charge in [-0.3, -0.25) is 9.11 Å². The molecule has 0 spiro atoms. The summed E-state index contributed by atoms with van der Waals surface area (Å²) in [4.78, 5) is 0. The molecule has 0 heterocycles. The highest BCUT2D eigenvalue weighted by Crippen LogP contribution is 2.10. The Bertz CT molecular complexity index is 451. The van der Waals surface area contributed by atoms with Gasteiger partial charge in [-0.2, -0.15) is 16.8 Å². The molecular formula is C8H16F6O8S2. The highest BCUT2D eigenvalue weighted by atomic mass is 32.2. The first-order valence-corrected chi connectivity index (χ1v) is 8.62. The molecule has 0 rings (SSSR count). The average molecular weight is 418 g/mol. The molecule has 0 amide bonds. The van der Waals surface area contributed by atoms with Gasteiger partial charge in [-0.05, 0) is 12.8 Å². The van der Waals surface area contributed by atoms with Crippen molar-refractivity contribution in [3.63, 3.8) is 0 Å². The van der Waals surface area contributed by atoms with Crippen LogP contribution in [0.15, 0.2) is 0 Å². The van der Waals surface area contributed by atoms with Gasteiger partial charge in [-0.15, -0.1) is 0 Å². The maximum absolute atomic E-state index is 11.4. The maximum Gasteiger partial charge on any atom is 0.303 e. The molecule has 0 aliphatic rings. The van der Waals surface area contributed by atoms with Gasteiger partial charge in [0, 0.05) is 13.2 Å². The molecule has 0 bridgehead atoms. The van der Waals surface area contributed by atoms with Gasteiger partial charge in [-0.25, -0.2) is 26.3 Å². The van der Waals surface area contributed by atoms with Crippen molar-refractivity contribution in [2.45, 2.75) is 36.7 Å². The molecule has 150 valence electrons. The summed E-state index contributed by atoms with van der Waals surface area (Å²) in [5.41, 5.74) is -6.98. The van der Waals surface area contributed by atoms with Crippen LogP contribution in [0.1, 0.15) is 12.8 Å². The first-order valence-electron chi connectivity index (χ1n) is 5.61. The molecule has 0 aromatic carbocycles. The van der Waals surface area contributed by atoms with E-state index >= 15 is 0 Å². The largest absolute Gasteiger partial charge is 0.396 e. The van der Waals surface area contributed by atoms with E-state index in [0.717, 1.165) is 12.8 Å². The monoisotopic (exact) mass is 418 g/mol. The minimum atomic E-state index is -5.22. The summed E-state index contributed by atoms with van der Waals surface area (Å²) in [7, 11) is -10.4. The number of hydrogen-bond donors (Lipinski definition) is 4. The summed E-state index contributed by atoms with van der Waals surface area (Å²) in [6, 6.07) is 0. The Morgan fingerprint density at radius 1 is 0.625 bits per heavy atom. The van der Waals surface area contributed by atoms with Crippen LogP contribution in [0.5, 0.6) is 0 Å².